The van der Waals surface area contributed by atoms with Gasteiger partial charge in [-0.25, -0.2) is 0 Å². The van der Waals surface area contributed by atoms with Crippen molar-refractivity contribution in [3.63, 3.8) is 0 Å². The van der Waals surface area contributed by atoms with Crippen molar-refractivity contribution in [1.29, 1.82) is 5.26 Å². The Morgan fingerprint density at radius 3 is 1.46 bits per heavy atom. The summed E-state index contributed by atoms with van der Waals surface area (Å²) in [5.41, 5.74) is 13.4. The first-order valence-electron chi connectivity index (χ1n) is 18.0. The fraction of sp³-hybridized carbons (Fsp3) is 0.0208. The third kappa shape index (κ3) is 3.73. The summed E-state index contributed by atoms with van der Waals surface area (Å²) in [5, 5.41) is 14.4. The highest BCUT2D eigenvalue weighted by molar-refractivity contribution is 7.99. The number of para-hydroxylation sites is 3. The number of hydrogen-bond acceptors (Lipinski definition) is 4. The summed E-state index contributed by atoms with van der Waals surface area (Å²) in [5.74, 6) is 0. The summed E-state index contributed by atoms with van der Waals surface area (Å²) in [4.78, 5) is 12.3. The van der Waals surface area contributed by atoms with Gasteiger partial charge in [-0.3, -0.25) is 9.97 Å². The summed E-state index contributed by atoms with van der Waals surface area (Å²) < 4.78 is 4.74. The zero-order valence-electron chi connectivity index (χ0n) is 28.7. The van der Waals surface area contributed by atoms with Crippen LogP contribution in [-0.2, 0) is 5.41 Å². The van der Waals surface area contributed by atoms with Crippen molar-refractivity contribution in [2.45, 2.75) is 15.2 Å². The van der Waals surface area contributed by atoms with E-state index in [4.69, 9.17) is 9.97 Å². The maximum Gasteiger partial charge on any atom is 0.0991 e. The number of hydrogen-bond donors (Lipinski definition) is 0. The number of nitriles is 1. The lowest BCUT2D eigenvalue weighted by Crippen LogP contribution is -2.32. The van der Waals surface area contributed by atoms with Gasteiger partial charge in [0, 0.05) is 55.1 Å². The molecule has 10 aromatic rings. The lowest BCUT2D eigenvalue weighted by atomic mass is 9.67. The third-order valence-electron chi connectivity index (χ3n) is 11.5. The van der Waals surface area contributed by atoms with Gasteiger partial charge in [-0.05, 0) is 95.1 Å². The van der Waals surface area contributed by atoms with Gasteiger partial charge < -0.3 is 9.13 Å². The number of fused-ring (bicyclic) bond motifs is 15. The van der Waals surface area contributed by atoms with Crippen molar-refractivity contribution in [2.24, 2.45) is 0 Å². The normalized spacial score (nSPS) is 13.6. The number of nitrogens with zero attached hydrogens (tertiary/aromatic N) is 5. The van der Waals surface area contributed by atoms with Crippen molar-refractivity contribution >= 4 is 55.4 Å². The van der Waals surface area contributed by atoms with E-state index in [1.807, 2.05) is 36.3 Å². The fourth-order valence-electron chi connectivity index (χ4n) is 9.39. The van der Waals surface area contributed by atoms with Gasteiger partial charge in [-0.1, -0.05) is 90.6 Å². The standard InChI is InChI=1S/C48H27N5S/c49-28-29-17-22-43-35(25-29)34-11-3-6-16-42(34)53(43)31-19-21-37-45(27-31)54-44-26-30(52-40-14-4-1-9-32(40)33-10-2-5-15-41(33)52)18-20-36(44)48(37)38-12-7-23-50-46(38)47-39(48)13-8-24-51-47/h1-27H. The van der Waals surface area contributed by atoms with E-state index in [0.29, 0.717) is 5.56 Å². The molecule has 1 spiro atoms. The zero-order chi connectivity index (χ0) is 35.5. The summed E-state index contributed by atoms with van der Waals surface area (Å²) in [6, 6.07) is 56.7. The van der Waals surface area contributed by atoms with Crippen molar-refractivity contribution < 1.29 is 0 Å². The second-order valence-electron chi connectivity index (χ2n) is 14.1. The highest BCUT2D eigenvalue weighted by atomic mass is 32.2. The Hall–Kier alpha value is -6.94. The van der Waals surface area contributed by atoms with Gasteiger partial charge in [-0.15, -0.1) is 0 Å². The number of aromatic nitrogens is 4. The van der Waals surface area contributed by atoms with Gasteiger partial charge in [-0.2, -0.15) is 5.26 Å². The second kappa shape index (κ2) is 10.8. The molecule has 0 atom stereocenters. The fourth-order valence-corrected chi connectivity index (χ4v) is 10.7. The molecule has 54 heavy (non-hydrogen) atoms. The molecule has 12 rings (SSSR count). The van der Waals surface area contributed by atoms with Crippen LogP contribution in [0, 0.1) is 11.3 Å². The Morgan fingerprint density at radius 2 is 0.944 bits per heavy atom. The average molecular weight is 706 g/mol. The van der Waals surface area contributed by atoms with Crippen molar-refractivity contribution in [3.05, 3.63) is 192 Å². The molecule has 0 radical (unpaired) electrons. The van der Waals surface area contributed by atoms with E-state index in [9.17, 15) is 5.26 Å². The smallest absolute Gasteiger partial charge is 0.0991 e. The van der Waals surface area contributed by atoms with Crippen LogP contribution in [0.15, 0.2) is 174 Å². The number of rotatable bonds is 2. The molecule has 0 fully saturated rings. The number of benzene rings is 6. The molecule has 0 amide bonds. The van der Waals surface area contributed by atoms with Crippen LogP contribution in [0.3, 0.4) is 0 Å². The summed E-state index contributed by atoms with van der Waals surface area (Å²) >= 11 is 1.83. The van der Waals surface area contributed by atoms with Crippen molar-refractivity contribution in [2.75, 3.05) is 0 Å². The Bertz CT molecular complexity index is 3190. The quantitative estimate of drug-likeness (QED) is 0.180. The molecule has 6 aromatic carbocycles. The van der Waals surface area contributed by atoms with Crippen LogP contribution in [-0.4, -0.2) is 19.1 Å². The molecular formula is C48H27N5S. The van der Waals surface area contributed by atoms with E-state index >= 15 is 0 Å². The van der Waals surface area contributed by atoms with Crippen LogP contribution < -0.4 is 0 Å². The number of pyridine rings is 2. The maximum absolute atomic E-state index is 9.76. The van der Waals surface area contributed by atoms with Crippen molar-refractivity contribution in [3.8, 4) is 28.8 Å². The van der Waals surface area contributed by atoms with Crippen LogP contribution in [0.1, 0.15) is 27.8 Å². The Labute approximate surface area is 314 Å². The van der Waals surface area contributed by atoms with E-state index in [1.165, 1.54) is 42.7 Å². The molecule has 0 saturated heterocycles. The first-order chi connectivity index (χ1) is 26.7. The Kier molecular flexibility index (Phi) is 5.92. The Balaban J connectivity index is 1.15. The molecule has 0 unspecified atom stereocenters. The molecule has 4 aromatic heterocycles. The molecular weight excluding hydrogens is 679 g/mol. The van der Waals surface area contributed by atoms with Gasteiger partial charge in [0.25, 0.3) is 0 Å². The van der Waals surface area contributed by atoms with Crippen LogP contribution >= 0.6 is 11.8 Å². The highest BCUT2D eigenvalue weighted by Gasteiger charge is 2.51. The molecule has 1 aliphatic heterocycles. The Morgan fingerprint density at radius 1 is 0.463 bits per heavy atom. The van der Waals surface area contributed by atoms with E-state index in [-0.39, 0.29) is 0 Å². The van der Waals surface area contributed by atoms with Crippen LogP contribution in [0.2, 0.25) is 0 Å². The van der Waals surface area contributed by atoms with Gasteiger partial charge in [0.2, 0.25) is 0 Å². The van der Waals surface area contributed by atoms with Crippen LogP contribution in [0.5, 0.6) is 0 Å². The van der Waals surface area contributed by atoms with Gasteiger partial charge in [0.1, 0.15) is 0 Å². The summed E-state index contributed by atoms with van der Waals surface area (Å²) in [6.45, 7) is 0. The first-order valence-corrected chi connectivity index (χ1v) is 18.9. The molecule has 0 saturated carbocycles. The SMILES string of the molecule is N#Cc1ccc2c(c1)c1ccccc1n2-c1ccc2c(c1)Sc1cc(-n3c4ccccc4c4ccccc43)ccc1C21c2cccnc2-c2ncccc21. The minimum atomic E-state index is -0.608. The molecule has 6 heteroatoms. The van der Waals surface area contributed by atoms with Gasteiger partial charge in [0.05, 0.1) is 50.5 Å². The van der Waals surface area contributed by atoms with E-state index in [0.717, 1.165) is 55.7 Å². The molecule has 5 heterocycles. The third-order valence-corrected chi connectivity index (χ3v) is 12.6. The van der Waals surface area contributed by atoms with E-state index in [1.54, 1.807) is 0 Å². The summed E-state index contributed by atoms with van der Waals surface area (Å²) in [6.07, 6.45) is 3.76. The van der Waals surface area contributed by atoms with Crippen LogP contribution in [0.25, 0.3) is 66.4 Å². The average Bonchev–Trinajstić information content (AvgIpc) is 3.85. The van der Waals surface area contributed by atoms with E-state index in [2.05, 4.69) is 155 Å². The minimum absolute atomic E-state index is 0.608. The maximum atomic E-state index is 9.76. The second-order valence-corrected chi connectivity index (χ2v) is 15.2. The lowest BCUT2D eigenvalue weighted by Gasteiger charge is -2.39. The highest BCUT2D eigenvalue weighted by Crippen LogP contribution is 2.61. The monoisotopic (exact) mass is 705 g/mol. The predicted molar refractivity (Wildman–Crippen MR) is 217 cm³/mol. The predicted octanol–water partition coefficient (Wildman–Crippen LogP) is 11.4. The molecule has 1 aliphatic carbocycles. The molecule has 2 aliphatic rings. The van der Waals surface area contributed by atoms with Crippen molar-refractivity contribution in [1.82, 2.24) is 19.1 Å². The molecule has 0 bridgehead atoms. The molecule has 5 nitrogen and oxygen atoms in total. The minimum Gasteiger partial charge on any atom is -0.309 e. The topological polar surface area (TPSA) is 59.4 Å². The summed E-state index contributed by atoms with van der Waals surface area (Å²) in [7, 11) is 0. The van der Waals surface area contributed by atoms with E-state index < -0.39 is 5.41 Å². The molecule has 250 valence electrons. The van der Waals surface area contributed by atoms with Crippen LogP contribution in [0.4, 0.5) is 0 Å². The molecule has 0 N–H and O–H groups in total. The lowest BCUT2D eigenvalue weighted by molar-refractivity contribution is 0.718. The van der Waals surface area contributed by atoms with Gasteiger partial charge >= 0.3 is 0 Å². The largest absolute Gasteiger partial charge is 0.309 e. The zero-order valence-corrected chi connectivity index (χ0v) is 29.5. The first kappa shape index (κ1) is 29.6. The van der Waals surface area contributed by atoms with Gasteiger partial charge in [0.15, 0.2) is 0 Å².